The predicted molar refractivity (Wildman–Crippen MR) is 332 cm³/mol. The lowest BCUT2D eigenvalue weighted by molar-refractivity contribution is -0.154. The Hall–Kier alpha value is -6.17. The number of carboxylic acid groups (broad SMARTS) is 1. The van der Waals surface area contributed by atoms with E-state index in [0.29, 0.717) is 6.42 Å². The number of carbonyl (C=O) groups excluding carboxylic acids is 10. The fourth-order valence-corrected chi connectivity index (χ4v) is 10.2. The Kier molecular flexibility index (Phi) is 34.8. The molecule has 0 aromatic rings. The highest BCUT2D eigenvalue weighted by atomic mass is 16.4. The second-order valence-corrected chi connectivity index (χ2v) is 25.8. The van der Waals surface area contributed by atoms with Crippen molar-refractivity contribution in [2.45, 2.75) is 223 Å². The molecule has 494 valence electrons. The van der Waals surface area contributed by atoms with E-state index in [1.807, 2.05) is 81.4 Å². The molecule has 12 atom stereocenters. The minimum atomic E-state index is -1.25. The van der Waals surface area contributed by atoms with Gasteiger partial charge >= 0.3 is 5.97 Å². The Labute approximate surface area is 514 Å². The van der Waals surface area contributed by atoms with Crippen LogP contribution in [0, 0.1) is 41.4 Å². The molecule has 0 aliphatic rings. The van der Waals surface area contributed by atoms with Crippen LogP contribution in [0.5, 0.6) is 0 Å². The van der Waals surface area contributed by atoms with E-state index in [1.165, 1.54) is 80.6 Å². The highest BCUT2D eigenvalue weighted by Crippen LogP contribution is 2.23. The average Bonchev–Trinajstić information content (AvgIpc) is 2.76. The van der Waals surface area contributed by atoms with E-state index in [1.54, 1.807) is 41.7 Å². The van der Waals surface area contributed by atoms with Crippen molar-refractivity contribution in [2.75, 3.05) is 55.9 Å². The number of likely N-dealkylation sites (N-methyl/N-ethyl adjacent to an activating group) is 7. The Morgan fingerprint density at radius 2 is 0.884 bits per heavy atom. The van der Waals surface area contributed by atoms with Crippen molar-refractivity contribution < 1.29 is 63.0 Å². The van der Waals surface area contributed by atoms with Gasteiger partial charge in [0.25, 0.3) is 0 Å². The number of nitrogens with one attached hydrogen (secondary N) is 5. The van der Waals surface area contributed by atoms with Crippen LogP contribution in [0.3, 0.4) is 0 Å². The van der Waals surface area contributed by atoms with Gasteiger partial charge in [0.05, 0.1) is 12.6 Å². The molecule has 0 saturated heterocycles. The highest BCUT2D eigenvalue weighted by molar-refractivity contribution is 5.98. The van der Waals surface area contributed by atoms with Crippen LogP contribution in [0.2, 0.25) is 0 Å². The molecule has 10 amide bonds. The average molecular weight is 1220 g/mol. The number of nitrogens with zero attached hydrogens (tertiary/aromatic N) is 6. The van der Waals surface area contributed by atoms with Crippen molar-refractivity contribution in [3.63, 3.8) is 0 Å². The summed E-state index contributed by atoms with van der Waals surface area (Å²) in [7, 11) is 10.2. The first-order valence-corrected chi connectivity index (χ1v) is 30.6. The number of allylic oxidation sites excluding steroid dienone is 2. The molecule has 24 nitrogen and oxygen atoms in total. The van der Waals surface area contributed by atoms with E-state index in [-0.39, 0.29) is 61.7 Å². The first-order valence-electron chi connectivity index (χ1n) is 30.6. The van der Waals surface area contributed by atoms with Gasteiger partial charge in [0.2, 0.25) is 59.1 Å². The van der Waals surface area contributed by atoms with Gasteiger partial charge in [0, 0.05) is 42.3 Å². The zero-order valence-corrected chi connectivity index (χ0v) is 56.6. The van der Waals surface area contributed by atoms with Crippen molar-refractivity contribution in [1.29, 1.82) is 0 Å². The number of rotatable bonds is 37. The summed E-state index contributed by atoms with van der Waals surface area (Å²) in [5.74, 6) is -9.02. The number of carbonyl (C=O) groups is 11. The fourth-order valence-electron chi connectivity index (χ4n) is 10.2. The summed E-state index contributed by atoms with van der Waals surface area (Å²) in [5, 5.41) is 34.0. The maximum Gasteiger partial charge on any atom is 0.325 e. The fraction of sp³-hybridized carbons (Fsp3) is 0.790. The Morgan fingerprint density at radius 3 is 1.30 bits per heavy atom. The first kappa shape index (κ1) is 79.8. The number of aliphatic hydroxyl groups is 1. The van der Waals surface area contributed by atoms with E-state index in [0.717, 1.165) is 4.90 Å². The third kappa shape index (κ3) is 24.2. The Morgan fingerprint density at radius 1 is 0.465 bits per heavy atom. The molecule has 0 spiro atoms. The van der Waals surface area contributed by atoms with E-state index in [2.05, 4.69) is 26.6 Å². The van der Waals surface area contributed by atoms with Crippen molar-refractivity contribution in [3.05, 3.63) is 12.2 Å². The van der Waals surface area contributed by atoms with Gasteiger partial charge in [0.1, 0.15) is 60.4 Å². The van der Waals surface area contributed by atoms with Gasteiger partial charge in [-0.05, 0) is 108 Å². The van der Waals surface area contributed by atoms with Crippen LogP contribution in [0.25, 0.3) is 0 Å². The van der Waals surface area contributed by atoms with Gasteiger partial charge in [-0.2, -0.15) is 0 Å². The molecule has 0 heterocycles. The lowest BCUT2D eigenvalue weighted by Gasteiger charge is -2.39. The number of aliphatic hydroxyl groups excluding tert-OH is 1. The summed E-state index contributed by atoms with van der Waals surface area (Å²) in [4.78, 5) is 161. The molecule has 24 heteroatoms. The Bertz CT molecular complexity index is 2290. The van der Waals surface area contributed by atoms with E-state index in [4.69, 9.17) is 0 Å². The zero-order valence-electron chi connectivity index (χ0n) is 56.6. The second kappa shape index (κ2) is 37.5. The number of aliphatic carboxylic acids is 1. The van der Waals surface area contributed by atoms with Gasteiger partial charge in [-0.15, -0.1) is 0 Å². The lowest BCUT2D eigenvalue weighted by Crippen LogP contribution is -2.61. The van der Waals surface area contributed by atoms with Crippen LogP contribution < -0.4 is 26.6 Å². The summed E-state index contributed by atoms with van der Waals surface area (Å²) in [6.07, 6.45) is 4.06. The Balaban J connectivity index is 6.69. The number of hydrogen-bond acceptors (Lipinski definition) is 13. The van der Waals surface area contributed by atoms with Crippen molar-refractivity contribution >= 4 is 65.0 Å². The van der Waals surface area contributed by atoms with Crippen LogP contribution in [-0.4, -0.2) is 227 Å². The molecule has 0 aromatic heterocycles. The van der Waals surface area contributed by atoms with Gasteiger partial charge in [-0.25, -0.2) is 0 Å². The molecular formula is C62H113N11O13. The quantitative estimate of drug-likeness (QED) is 0.0440. The molecule has 0 aromatic carbocycles. The summed E-state index contributed by atoms with van der Waals surface area (Å²) >= 11 is 0. The normalized spacial score (nSPS) is 16.0. The highest BCUT2D eigenvalue weighted by Gasteiger charge is 2.43. The molecule has 0 aliphatic heterocycles. The summed E-state index contributed by atoms with van der Waals surface area (Å²) in [6.45, 7) is 29.5. The lowest BCUT2D eigenvalue weighted by atomic mass is 9.94. The molecule has 0 unspecified atom stereocenters. The predicted octanol–water partition coefficient (Wildman–Crippen LogP) is 3.10. The van der Waals surface area contributed by atoms with Gasteiger partial charge in [0.15, 0.2) is 0 Å². The smallest absolute Gasteiger partial charge is 0.325 e. The number of amides is 10. The van der Waals surface area contributed by atoms with Gasteiger partial charge < -0.3 is 66.2 Å². The molecule has 86 heavy (non-hydrogen) atoms. The SMILES string of the molecule is C/C=C/C[C@@H](C)[C@@H](O)[C@H](NC)C(=O)N[C@H](C)C(=O)N(C)[C@@H](CC(C)C)C(=O)N(C)[C@@H](CC(C)C)C(=O)N(C)[C@H](C(=O)N[C@@H](CC)C(=O)N(C)CC(=O)N(C)[C@@H](CC(C)C)C(=O)N[C@H](C(=O)N(C)[C@@H](CC(C)C)C(=O)N[C@@H](C)C(=O)O)C(C)C)C(C)C. The summed E-state index contributed by atoms with van der Waals surface area (Å²) in [5.41, 5.74) is 0. The van der Waals surface area contributed by atoms with Crippen LogP contribution >= 0.6 is 0 Å². The summed E-state index contributed by atoms with van der Waals surface area (Å²) in [6, 6.07) is -11.2. The van der Waals surface area contributed by atoms with Crippen LogP contribution in [0.4, 0.5) is 0 Å². The topological polar surface area (TPSA) is 308 Å². The van der Waals surface area contributed by atoms with E-state index >= 15 is 0 Å². The number of hydrogen-bond donors (Lipinski definition) is 7. The summed E-state index contributed by atoms with van der Waals surface area (Å²) < 4.78 is 0. The molecule has 0 fully saturated rings. The molecule has 0 rings (SSSR count). The molecule has 0 bridgehead atoms. The molecular weight excluding hydrogens is 1110 g/mol. The maximum absolute atomic E-state index is 14.8. The zero-order chi connectivity index (χ0) is 67.1. The van der Waals surface area contributed by atoms with Crippen molar-refractivity contribution in [1.82, 2.24) is 56.0 Å². The molecule has 0 saturated carbocycles. The third-order valence-corrected chi connectivity index (χ3v) is 15.6. The van der Waals surface area contributed by atoms with Crippen LogP contribution in [0.1, 0.15) is 156 Å². The molecule has 7 N–H and O–H groups in total. The molecule has 0 radical (unpaired) electrons. The van der Waals surface area contributed by atoms with E-state index in [9.17, 15) is 63.0 Å². The standard InChI is InChI=1S/C62H113N11O13/c1-25-27-28-40(15)52(75)50(63-18)55(78)64-41(16)57(80)71(22)46(31-36(7)8)59(82)72(23)47(32-37(9)10)60(83)73(24)51(39(13)14)56(79)66-43(26-2)58(81)68(19)33-48(74)69(20)44(29-34(3)4)54(77)67-49(38(11)12)61(84)70(21)45(30-35(5)6)53(76)65-42(17)62(85)86/h25,27,34-47,49-52,63,75H,26,28-33H2,1-24H3,(H,64,78)(H,65,76)(H,66,79)(H,67,77)(H,85,86)/b27-25+/t40-,41-,42+,43+,44+,45+,46+,47+,49+,50+,51+,52-/m1/s1. The molecule has 0 aliphatic carbocycles. The van der Waals surface area contributed by atoms with Crippen LogP contribution in [-0.2, 0) is 52.7 Å². The number of carboxylic acids is 1. The second-order valence-electron chi connectivity index (χ2n) is 25.8. The monoisotopic (exact) mass is 1220 g/mol. The largest absolute Gasteiger partial charge is 0.480 e. The van der Waals surface area contributed by atoms with E-state index < -0.39 is 150 Å². The van der Waals surface area contributed by atoms with Crippen molar-refractivity contribution in [2.24, 2.45) is 41.4 Å². The maximum atomic E-state index is 14.8. The first-order chi connectivity index (χ1) is 39.7. The minimum Gasteiger partial charge on any atom is -0.480 e. The van der Waals surface area contributed by atoms with Gasteiger partial charge in [-0.3, -0.25) is 52.7 Å². The van der Waals surface area contributed by atoms with Gasteiger partial charge in [-0.1, -0.05) is 109 Å². The van der Waals surface area contributed by atoms with Crippen molar-refractivity contribution in [3.8, 4) is 0 Å². The van der Waals surface area contributed by atoms with Crippen LogP contribution in [0.15, 0.2) is 12.2 Å². The third-order valence-electron chi connectivity index (χ3n) is 15.6. The minimum absolute atomic E-state index is 0.0699.